The largest absolute Gasteiger partial charge is 0.481 e. The van der Waals surface area contributed by atoms with Crippen LogP contribution in [0.15, 0.2) is 140 Å². The van der Waals surface area contributed by atoms with Gasteiger partial charge in [-0.2, -0.15) is 13.2 Å². The van der Waals surface area contributed by atoms with Gasteiger partial charge >= 0.3 is 41.9 Å². The molecule has 1 amide bonds. The van der Waals surface area contributed by atoms with Crippen molar-refractivity contribution in [3.05, 3.63) is 229 Å². The molecule has 21 heteroatoms. The van der Waals surface area contributed by atoms with Crippen LogP contribution in [0.1, 0.15) is 202 Å². The third kappa shape index (κ3) is 20.1. The lowest BCUT2D eigenvalue weighted by Crippen LogP contribution is -2.31. The molecule has 2 aliphatic rings. The lowest BCUT2D eigenvalue weighted by atomic mass is 9.72. The summed E-state index contributed by atoms with van der Waals surface area (Å²) < 4.78 is 73.6. The molecule has 18 nitrogen and oxygen atoms in total. The minimum Gasteiger partial charge on any atom is -0.481 e. The van der Waals surface area contributed by atoms with Gasteiger partial charge in [-0.05, 0) is 184 Å². The van der Waals surface area contributed by atoms with E-state index in [0.717, 1.165) is 81.1 Å². The number of benzene rings is 5. The summed E-state index contributed by atoms with van der Waals surface area (Å²) in [5.41, 5.74) is 13.0. The van der Waals surface area contributed by atoms with Gasteiger partial charge in [0.25, 0.3) is 0 Å². The van der Waals surface area contributed by atoms with Crippen molar-refractivity contribution in [1.29, 1.82) is 0 Å². The zero-order chi connectivity index (χ0) is 78.5. The fourth-order valence-corrected chi connectivity index (χ4v) is 14.6. The second-order valence-corrected chi connectivity index (χ2v) is 26.9. The van der Waals surface area contributed by atoms with Gasteiger partial charge in [-0.25, -0.2) is 14.6 Å². The Hall–Kier alpha value is -11.4. The van der Waals surface area contributed by atoms with Crippen molar-refractivity contribution in [2.24, 2.45) is 0 Å². The number of hydrogen-bond acceptors (Lipinski definition) is 17. The number of hydrogen-bond donors (Lipinski definition) is 1. The monoisotopic (exact) mass is 1490 g/mol. The summed E-state index contributed by atoms with van der Waals surface area (Å²) in [4.78, 5) is 98.1. The molecule has 0 saturated carbocycles. The average molecular weight is 1490 g/mol. The maximum Gasteiger partial charge on any atom is 0.471 e. The molecule has 5 aromatic carbocycles. The molecule has 0 spiro atoms. The number of anilines is 1. The van der Waals surface area contributed by atoms with Crippen molar-refractivity contribution in [1.82, 2.24) is 24.8 Å². The topological polar surface area (TPSA) is 215 Å². The van der Waals surface area contributed by atoms with E-state index in [1.54, 1.807) is 45.9 Å². The van der Waals surface area contributed by atoms with Crippen LogP contribution in [0.4, 0.5) is 18.9 Å². The first-order chi connectivity index (χ1) is 53.1. The number of aryl methyl sites for hydroxylation is 1. The second kappa shape index (κ2) is 37.6. The molecule has 110 heavy (non-hydrogen) atoms. The van der Waals surface area contributed by atoms with Gasteiger partial charge < -0.3 is 33.7 Å². The Morgan fingerprint density at radius 1 is 0.436 bits per heavy atom. The maximum absolute atomic E-state index is 13.8. The summed E-state index contributed by atoms with van der Waals surface area (Å²) in [7, 11) is 0. The summed E-state index contributed by atoms with van der Waals surface area (Å²) in [6.45, 7) is 17.9. The number of carbonyl (C=O) groups excluding carboxylic acids is 6. The Labute approximate surface area is 641 Å². The zero-order valence-electron chi connectivity index (χ0n) is 63.7. The summed E-state index contributed by atoms with van der Waals surface area (Å²) in [5, 5.41) is 1.83. The van der Waals surface area contributed by atoms with Crippen LogP contribution in [-0.4, -0.2) is 119 Å². The third-order valence-corrected chi connectivity index (χ3v) is 18.9. The number of carbonyl (C=O) groups is 6. The van der Waals surface area contributed by atoms with E-state index in [1.807, 2.05) is 91.7 Å². The number of halogens is 3. The van der Waals surface area contributed by atoms with E-state index in [0.29, 0.717) is 70.8 Å². The minimum absolute atomic E-state index is 0.0317. The van der Waals surface area contributed by atoms with E-state index in [2.05, 4.69) is 96.7 Å². The van der Waals surface area contributed by atoms with Crippen LogP contribution in [0, 0.1) is 35.5 Å². The number of ether oxygens (including phenoxy) is 6. The smallest absolute Gasteiger partial charge is 0.471 e. The molecule has 0 bridgehead atoms. The van der Waals surface area contributed by atoms with Crippen molar-refractivity contribution in [3.8, 4) is 63.5 Å². The Morgan fingerprint density at radius 3 is 1.38 bits per heavy atom. The molecule has 0 fully saturated rings. The van der Waals surface area contributed by atoms with Crippen LogP contribution in [0.3, 0.4) is 0 Å². The van der Waals surface area contributed by atoms with Crippen LogP contribution in [0.25, 0.3) is 22.3 Å². The molecular weight excluding hydrogens is 1400 g/mol. The second-order valence-electron chi connectivity index (χ2n) is 26.9. The van der Waals surface area contributed by atoms with Crippen molar-refractivity contribution in [2.45, 2.75) is 157 Å². The van der Waals surface area contributed by atoms with Crippen molar-refractivity contribution in [3.63, 3.8) is 0 Å². The van der Waals surface area contributed by atoms with E-state index in [4.69, 9.17) is 43.4 Å². The van der Waals surface area contributed by atoms with Crippen LogP contribution < -0.4 is 10.1 Å². The number of pyridine rings is 3. The van der Waals surface area contributed by atoms with Crippen LogP contribution in [0.5, 0.6) is 5.75 Å². The van der Waals surface area contributed by atoms with Crippen molar-refractivity contribution >= 4 is 41.4 Å². The first kappa shape index (κ1) is 81.1. The number of nitrogens with zero attached hydrogens (tertiary/aromatic N) is 5. The molecule has 2 aliphatic carbocycles. The van der Waals surface area contributed by atoms with E-state index in [9.17, 15) is 41.9 Å². The third-order valence-electron chi connectivity index (χ3n) is 18.9. The molecule has 0 aliphatic heterocycles. The standard InChI is InChI=1S/C89H91F3N6O12/c1-10-39-87(51-81(99)105-14-5)75-25-21-19-23-71(75)73-37-32-59(47-77(73)87)27-29-61-42-65(13-4)93-68(43-61)55-98(57-83(101)107-16-7)56-69-45-62(31-34-64-35-36-66(96-86(104)89(90,91)92)50-80(64)110-58-84(102)108-17-8)44-67(94-69)53-97(41-12-3)54-70-46-63(49-79(95-70)85(103)109-18-9)30-28-60-33-38-74-72-24-20-22-26-76(72)88(40-11-2,78(74)48-60)52-82(100)106-15-6/h19-26,32-33,35-38,42-50H,10-18,39-41,51-58H2,1-9H3,(H,96,104). The lowest BCUT2D eigenvalue weighted by molar-refractivity contribution is -0.167. The normalized spacial score (nSPS) is 14.2. The van der Waals surface area contributed by atoms with Gasteiger partial charge in [0.2, 0.25) is 0 Å². The Kier molecular flexibility index (Phi) is 27.7. The fraction of sp³-hybridized carbons (Fsp3) is 0.360. The predicted molar refractivity (Wildman–Crippen MR) is 412 cm³/mol. The minimum atomic E-state index is -5.21. The molecule has 3 aromatic heterocycles. The Bertz CT molecular complexity index is 4940. The van der Waals surface area contributed by atoms with Gasteiger partial charge in [-0.3, -0.25) is 38.9 Å². The van der Waals surface area contributed by atoms with E-state index in [1.165, 1.54) is 12.1 Å². The van der Waals surface area contributed by atoms with Gasteiger partial charge in [0.05, 0.1) is 80.8 Å². The number of alkyl halides is 3. The van der Waals surface area contributed by atoms with Crippen molar-refractivity contribution in [2.75, 3.05) is 58.0 Å². The summed E-state index contributed by atoms with van der Waals surface area (Å²) in [6, 6.07) is 43.1. The highest BCUT2D eigenvalue weighted by molar-refractivity contribution is 5.95. The molecule has 3 heterocycles. The zero-order valence-corrected chi connectivity index (χ0v) is 63.7. The highest BCUT2D eigenvalue weighted by Gasteiger charge is 2.46. The lowest BCUT2D eigenvalue weighted by Gasteiger charge is -2.31. The van der Waals surface area contributed by atoms with Crippen LogP contribution in [-0.2, 0) is 91.1 Å². The van der Waals surface area contributed by atoms with Crippen LogP contribution in [0.2, 0.25) is 0 Å². The highest BCUT2D eigenvalue weighted by atomic mass is 19.4. The number of rotatable bonds is 31. The molecule has 8 aromatic rings. The molecule has 10 rings (SSSR count). The SMILES string of the molecule is CCCN(Cc1cc(C#Cc2ccc(NC(=O)C(F)(F)F)cc2OCC(=O)OCC)cc(CN(CC(=O)OCC)Cc2cc(C#Cc3ccc4c(c3)C(CCC)(CC(=O)OCC)c3ccccc3-4)cc(CC)n2)n1)Cc1cc(C#Cc2ccc3c(c2)C(CCC)(CC(=O)OCC)c2ccccc2-3)cc(C(=O)OCC)n1. The number of amides is 1. The van der Waals surface area contributed by atoms with Gasteiger partial charge in [-0.15, -0.1) is 0 Å². The van der Waals surface area contributed by atoms with E-state index >= 15 is 0 Å². The van der Waals surface area contributed by atoms with Gasteiger partial charge in [-0.1, -0.05) is 137 Å². The number of aromatic nitrogens is 3. The molecule has 0 radical (unpaired) electrons. The predicted octanol–water partition coefficient (Wildman–Crippen LogP) is 15.3. The van der Waals surface area contributed by atoms with Crippen LogP contribution >= 0.6 is 0 Å². The molecular formula is C89H91F3N6O12. The Balaban J connectivity index is 1.02. The molecule has 1 N–H and O–H groups in total. The summed E-state index contributed by atoms with van der Waals surface area (Å²) in [5.74, 6) is 15.0. The molecule has 2 unspecified atom stereocenters. The fourth-order valence-electron chi connectivity index (χ4n) is 14.6. The first-order valence-corrected chi connectivity index (χ1v) is 37.5. The number of esters is 5. The molecule has 2 atom stereocenters. The molecule has 570 valence electrons. The Morgan fingerprint density at radius 2 is 0.882 bits per heavy atom. The first-order valence-electron chi connectivity index (χ1n) is 37.5. The highest BCUT2D eigenvalue weighted by Crippen LogP contribution is 2.55. The number of nitrogens with one attached hydrogen (secondary N) is 1. The summed E-state index contributed by atoms with van der Waals surface area (Å²) in [6.07, 6.45) is -0.551. The number of fused-ring (bicyclic) bond motifs is 6. The summed E-state index contributed by atoms with van der Waals surface area (Å²) >= 11 is 0. The quantitative estimate of drug-likeness (QED) is 0.0243. The maximum atomic E-state index is 13.8. The van der Waals surface area contributed by atoms with Gasteiger partial charge in [0.1, 0.15) is 11.4 Å². The van der Waals surface area contributed by atoms with Gasteiger partial charge in [0, 0.05) is 82.3 Å². The molecule has 0 saturated heterocycles. The van der Waals surface area contributed by atoms with Crippen molar-refractivity contribution < 1.29 is 70.4 Å². The van der Waals surface area contributed by atoms with E-state index < -0.39 is 47.4 Å². The van der Waals surface area contributed by atoms with E-state index in [-0.39, 0.29) is 113 Å². The average Bonchev–Trinajstić information content (AvgIpc) is 1.57. The van der Waals surface area contributed by atoms with Gasteiger partial charge in [0.15, 0.2) is 6.61 Å².